The number of benzene rings is 1. The largest absolute Gasteiger partial charge is 0.391 e. The Labute approximate surface area is 189 Å². The Morgan fingerprint density at radius 2 is 1.91 bits per heavy atom. The van der Waals surface area contributed by atoms with Crippen LogP contribution in [0, 0.1) is 19.7 Å². The molecule has 2 atom stereocenters. The van der Waals surface area contributed by atoms with E-state index in [2.05, 4.69) is 25.4 Å². The molecule has 4 rings (SSSR count). The number of hydrogen-bond acceptors (Lipinski definition) is 7. The first-order valence-electron chi connectivity index (χ1n) is 10.3. The molecule has 2 unspecified atom stereocenters. The quantitative estimate of drug-likeness (QED) is 0.462. The number of aliphatic hydroxyl groups is 1. The number of carbonyl (C=O) groups excluding carboxylic acids is 1. The van der Waals surface area contributed by atoms with Gasteiger partial charge in [0.2, 0.25) is 0 Å². The van der Waals surface area contributed by atoms with Crippen LogP contribution in [-0.4, -0.2) is 37.2 Å². The molecular formula is C24H22FN5O3. The van der Waals surface area contributed by atoms with Crippen LogP contribution in [0.1, 0.15) is 40.6 Å². The second kappa shape index (κ2) is 9.25. The number of nitrogens with zero attached hydrogens (tertiary/aromatic N) is 4. The summed E-state index contributed by atoms with van der Waals surface area (Å²) < 4.78 is 19.6. The summed E-state index contributed by atoms with van der Waals surface area (Å²) in [5.74, 6) is -0.558. The Kier molecular flexibility index (Phi) is 6.23. The number of rotatable bonds is 6. The number of pyridine rings is 2. The molecule has 8 nitrogen and oxygen atoms in total. The Morgan fingerprint density at radius 1 is 1.12 bits per heavy atom. The third-order valence-corrected chi connectivity index (χ3v) is 5.01. The van der Waals surface area contributed by atoms with Gasteiger partial charge in [-0.3, -0.25) is 14.8 Å². The fourth-order valence-corrected chi connectivity index (χ4v) is 3.33. The van der Waals surface area contributed by atoms with Gasteiger partial charge < -0.3 is 14.9 Å². The van der Waals surface area contributed by atoms with Crippen molar-refractivity contribution in [3.8, 4) is 22.5 Å². The molecule has 33 heavy (non-hydrogen) atoms. The number of aromatic nitrogens is 4. The summed E-state index contributed by atoms with van der Waals surface area (Å²) in [6.45, 7) is 5.07. The van der Waals surface area contributed by atoms with Crippen molar-refractivity contribution in [2.75, 3.05) is 0 Å². The molecule has 3 aromatic heterocycles. The second-order valence-electron chi connectivity index (χ2n) is 7.73. The molecule has 1 aromatic carbocycles. The molecule has 0 spiro atoms. The van der Waals surface area contributed by atoms with Gasteiger partial charge in [0.25, 0.3) is 11.8 Å². The third-order valence-electron chi connectivity index (χ3n) is 5.01. The summed E-state index contributed by atoms with van der Waals surface area (Å²) in [5, 5.41) is 16.6. The van der Waals surface area contributed by atoms with Crippen molar-refractivity contribution in [3.63, 3.8) is 0 Å². The maximum atomic E-state index is 14.5. The van der Waals surface area contributed by atoms with Gasteiger partial charge in [-0.2, -0.15) is 4.98 Å². The highest BCUT2D eigenvalue weighted by Crippen LogP contribution is 2.28. The molecule has 0 saturated heterocycles. The summed E-state index contributed by atoms with van der Waals surface area (Å²) in [5.41, 5.74) is 2.98. The van der Waals surface area contributed by atoms with E-state index in [1.54, 1.807) is 25.3 Å². The summed E-state index contributed by atoms with van der Waals surface area (Å²) in [7, 11) is 0. The number of halogens is 1. The van der Waals surface area contributed by atoms with Crippen LogP contribution >= 0.6 is 0 Å². The average Bonchev–Trinajstić information content (AvgIpc) is 3.23. The average molecular weight is 447 g/mol. The first-order valence-corrected chi connectivity index (χ1v) is 10.3. The van der Waals surface area contributed by atoms with Crippen LogP contribution in [0.3, 0.4) is 0 Å². The molecule has 0 aliphatic rings. The molecular weight excluding hydrogens is 425 g/mol. The van der Waals surface area contributed by atoms with Gasteiger partial charge in [0.15, 0.2) is 5.82 Å². The van der Waals surface area contributed by atoms with Gasteiger partial charge in [0.05, 0.1) is 11.8 Å². The predicted molar refractivity (Wildman–Crippen MR) is 119 cm³/mol. The van der Waals surface area contributed by atoms with Gasteiger partial charge in [-0.1, -0.05) is 11.2 Å². The number of carbonyl (C=O) groups is 1. The lowest BCUT2D eigenvalue weighted by Gasteiger charge is -2.18. The van der Waals surface area contributed by atoms with Crippen molar-refractivity contribution < 1.29 is 18.8 Å². The van der Waals surface area contributed by atoms with Crippen molar-refractivity contribution in [2.45, 2.75) is 32.9 Å². The molecule has 0 radical (unpaired) electrons. The van der Waals surface area contributed by atoms with E-state index >= 15 is 0 Å². The highest BCUT2D eigenvalue weighted by Gasteiger charge is 2.26. The molecule has 0 aliphatic heterocycles. The minimum atomic E-state index is -0.997. The molecule has 1 amide bonds. The first-order chi connectivity index (χ1) is 15.8. The summed E-state index contributed by atoms with van der Waals surface area (Å²) in [6.07, 6.45) is 2.20. The van der Waals surface area contributed by atoms with Crippen LogP contribution in [0.2, 0.25) is 0 Å². The number of nitrogens with one attached hydrogen (secondary N) is 1. The van der Waals surface area contributed by atoms with E-state index in [0.29, 0.717) is 22.6 Å². The van der Waals surface area contributed by atoms with Crippen molar-refractivity contribution >= 4 is 5.91 Å². The zero-order valence-corrected chi connectivity index (χ0v) is 18.3. The van der Waals surface area contributed by atoms with Crippen LogP contribution in [-0.2, 0) is 0 Å². The smallest absolute Gasteiger partial charge is 0.252 e. The van der Waals surface area contributed by atoms with Gasteiger partial charge in [-0.05, 0) is 62.7 Å². The SMILES string of the molecule is Cc1ccc(-c2cc(C(=O)NC(c3nc(C)no3)C(C)O)cc(-c3ncccc3F)c2)nc1. The van der Waals surface area contributed by atoms with E-state index in [0.717, 1.165) is 5.56 Å². The summed E-state index contributed by atoms with van der Waals surface area (Å²) in [6, 6.07) is 10.5. The molecule has 2 N–H and O–H groups in total. The molecule has 0 saturated carbocycles. The number of amides is 1. The van der Waals surface area contributed by atoms with Crippen LogP contribution < -0.4 is 5.32 Å². The topological polar surface area (TPSA) is 114 Å². The van der Waals surface area contributed by atoms with E-state index in [4.69, 9.17) is 4.52 Å². The fourth-order valence-electron chi connectivity index (χ4n) is 3.33. The molecule has 0 bridgehead atoms. The van der Waals surface area contributed by atoms with Gasteiger partial charge in [0.1, 0.15) is 17.6 Å². The van der Waals surface area contributed by atoms with Crippen LogP contribution in [0.5, 0.6) is 0 Å². The third kappa shape index (κ3) is 4.93. The van der Waals surface area contributed by atoms with Crippen LogP contribution in [0.4, 0.5) is 4.39 Å². The van der Waals surface area contributed by atoms with Crippen LogP contribution in [0.25, 0.3) is 22.5 Å². The van der Waals surface area contributed by atoms with Crippen LogP contribution in [0.15, 0.2) is 59.4 Å². The van der Waals surface area contributed by atoms with E-state index < -0.39 is 23.9 Å². The maximum Gasteiger partial charge on any atom is 0.252 e. The Bertz CT molecular complexity index is 1290. The number of aliphatic hydroxyl groups excluding tert-OH is 1. The monoisotopic (exact) mass is 447 g/mol. The molecule has 0 fully saturated rings. The number of aryl methyl sites for hydroxylation is 2. The van der Waals surface area contributed by atoms with Gasteiger partial charge >= 0.3 is 0 Å². The van der Waals surface area contributed by atoms with Gasteiger partial charge in [0, 0.05) is 29.1 Å². The van der Waals surface area contributed by atoms with Crippen molar-refractivity contribution in [2.24, 2.45) is 0 Å². The highest BCUT2D eigenvalue weighted by atomic mass is 19.1. The molecule has 3 heterocycles. The second-order valence-corrected chi connectivity index (χ2v) is 7.73. The molecule has 0 aliphatic carbocycles. The standard InChI is InChI=1S/C24H22FN5O3/c1-13-6-7-20(27-12-13)16-9-17(22-19(25)5-4-8-26-22)11-18(10-16)23(32)29-21(14(2)31)24-28-15(3)30-33-24/h4-12,14,21,31H,1-3H3,(H,29,32). The van der Waals surface area contributed by atoms with Crippen molar-refractivity contribution in [3.05, 3.63) is 83.5 Å². The van der Waals surface area contributed by atoms with Gasteiger partial charge in [-0.15, -0.1) is 0 Å². The maximum absolute atomic E-state index is 14.5. The molecule has 9 heteroatoms. The molecule has 4 aromatic rings. The lowest BCUT2D eigenvalue weighted by atomic mass is 9.99. The van der Waals surface area contributed by atoms with E-state index in [1.165, 1.54) is 31.3 Å². The Balaban J connectivity index is 1.77. The zero-order chi connectivity index (χ0) is 23.5. The minimum Gasteiger partial charge on any atom is -0.391 e. The summed E-state index contributed by atoms with van der Waals surface area (Å²) in [4.78, 5) is 25.9. The Hall–Kier alpha value is -3.98. The van der Waals surface area contributed by atoms with E-state index in [1.807, 2.05) is 19.1 Å². The fraction of sp³-hybridized carbons (Fsp3) is 0.208. The van der Waals surface area contributed by atoms with E-state index in [-0.39, 0.29) is 17.1 Å². The molecule has 168 valence electrons. The minimum absolute atomic E-state index is 0.0863. The van der Waals surface area contributed by atoms with Crippen molar-refractivity contribution in [1.29, 1.82) is 0 Å². The highest BCUT2D eigenvalue weighted by molar-refractivity contribution is 5.97. The van der Waals surface area contributed by atoms with Gasteiger partial charge in [-0.25, -0.2) is 4.39 Å². The van der Waals surface area contributed by atoms with E-state index in [9.17, 15) is 14.3 Å². The lowest BCUT2D eigenvalue weighted by Crippen LogP contribution is -2.35. The normalized spacial score (nSPS) is 12.9. The van der Waals surface area contributed by atoms with Crippen molar-refractivity contribution in [1.82, 2.24) is 25.4 Å². The summed E-state index contributed by atoms with van der Waals surface area (Å²) >= 11 is 0. The number of hydrogen-bond donors (Lipinski definition) is 2. The first kappa shape index (κ1) is 22.2. The predicted octanol–water partition coefficient (Wildman–Crippen LogP) is 3.80. The lowest BCUT2D eigenvalue weighted by molar-refractivity contribution is 0.0818. The zero-order valence-electron chi connectivity index (χ0n) is 18.3. The Morgan fingerprint density at radius 3 is 2.55 bits per heavy atom.